The Labute approximate surface area is 256 Å². The SMILES string of the molecule is C=CCOCC(CC)(C[O-])COCC=C.Nc1cccc([O-])c1.Nc1cccc([O-])c1.Nc1cccc([O-])c1.[Zr+4]. The molecule has 10 heteroatoms. The van der Waals surface area contributed by atoms with E-state index in [-0.39, 0.29) is 50.1 Å². The van der Waals surface area contributed by atoms with Crippen molar-refractivity contribution < 1.29 is 56.1 Å². The fraction of sp³-hybridized carbons (Fsp3) is 0.267. The number of ether oxygens (including phenoxy) is 2. The van der Waals surface area contributed by atoms with Crippen LogP contribution < -0.4 is 37.6 Å². The van der Waals surface area contributed by atoms with Crippen LogP contribution >= 0.6 is 0 Å². The summed E-state index contributed by atoms with van der Waals surface area (Å²) in [5, 5.41) is 42.4. The normalized spacial score (nSPS) is 9.65. The van der Waals surface area contributed by atoms with Crippen LogP contribution in [0, 0.1) is 5.41 Å². The molecule has 0 spiro atoms. The Morgan fingerprint density at radius 2 is 1.02 bits per heavy atom. The first-order chi connectivity index (χ1) is 18.6. The summed E-state index contributed by atoms with van der Waals surface area (Å²) in [6, 6.07) is 18.5. The van der Waals surface area contributed by atoms with Crippen molar-refractivity contribution in [3.8, 4) is 17.2 Å². The van der Waals surface area contributed by atoms with Crippen LogP contribution in [0.25, 0.3) is 0 Å². The van der Waals surface area contributed by atoms with Crippen molar-refractivity contribution in [2.24, 2.45) is 5.41 Å². The van der Waals surface area contributed by atoms with E-state index in [1.807, 2.05) is 6.92 Å². The first kappa shape index (κ1) is 38.8. The van der Waals surface area contributed by atoms with Crippen molar-refractivity contribution in [1.82, 2.24) is 0 Å². The van der Waals surface area contributed by atoms with Gasteiger partial charge in [0, 0.05) is 22.5 Å². The van der Waals surface area contributed by atoms with Gasteiger partial charge in [0.05, 0.1) is 26.4 Å². The zero-order valence-electron chi connectivity index (χ0n) is 22.9. The minimum Gasteiger partial charge on any atom is -0.872 e. The van der Waals surface area contributed by atoms with E-state index in [2.05, 4.69) is 13.2 Å². The molecule has 40 heavy (non-hydrogen) atoms. The van der Waals surface area contributed by atoms with E-state index in [0.717, 1.165) is 6.42 Å². The Bertz CT molecular complexity index is 909. The molecule has 0 amide bonds. The molecule has 3 aromatic rings. The van der Waals surface area contributed by atoms with Gasteiger partial charge in [0.1, 0.15) is 0 Å². The molecule has 0 saturated heterocycles. The first-order valence-electron chi connectivity index (χ1n) is 12.1. The Hall–Kier alpha value is -3.30. The Morgan fingerprint density at radius 1 is 0.700 bits per heavy atom. The number of rotatable bonds is 10. The summed E-state index contributed by atoms with van der Waals surface area (Å²) < 4.78 is 10.7. The molecule has 0 atom stereocenters. The van der Waals surface area contributed by atoms with E-state index in [9.17, 15) is 20.4 Å². The average Bonchev–Trinajstić information content (AvgIpc) is 2.89. The van der Waals surface area contributed by atoms with Gasteiger partial charge in [-0.05, 0) is 42.8 Å². The van der Waals surface area contributed by atoms with Crippen LogP contribution in [0.3, 0.4) is 0 Å². The molecule has 3 aromatic carbocycles. The number of nitrogen functional groups attached to an aromatic ring is 3. The molecule has 0 heterocycles. The van der Waals surface area contributed by atoms with Gasteiger partial charge in [-0.3, -0.25) is 0 Å². The second kappa shape index (κ2) is 23.6. The largest absolute Gasteiger partial charge is 4.00 e. The first-order valence-corrected chi connectivity index (χ1v) is 12.1. The maximum Gasteiger partial charge on any atom is 4.00 e. The quantitative estimate of drug-likeness (QED) is 0.172. The number of anilines is 3. The molecular formula is C30H39N3O6Zr. The molecule has 0 aliphatic carbocycles. The molecule has 6 N–H and O–H groups in total. The number of benzene rings is 3. The zero-order valence-corrected chi connectivity index (χ0v) is 25.4. The second-order valence-electron chi connectivity index (χ2n) is 8.32. The van der Waals surface area contributed by atoms with Gasteiger partial charge in [-0.1, -0.05) is 55.5 Å². The summed E-state index contributed by atoms with van der Waals surface area (Å²) in [7, 11) is 0. The van der Waals surface area contributed by atoms with Crippen LogP contribution in [0.5, 0.6) is 17.2 Å². The van der Waals surface area contributed by atoms with E-state index >= 15 is 0 Å². The van der Waals surface area contributed by atoms with Crippen molar-refractivity contribution in [2.75, 3.05) is 50.2 Å². The summed E-state index contributed by atoms with van der Waals surface area (Å²) in [5.41, 5.74) is 16.9. The van der Waals surface area contributed by atoms with Gasteiger partial charge in [0.25, 0.3) is 0 Å². The maximum absolute atomic E-state index is 11.2. The van der Waals surface area contributed by atoms with Crippen LogP contribution in [0.1, 0.15) is 13.3 Å². The van der Waals surface area contributed by atoms with Crippen molar-refractivity contribution in [3.05, 3.63) is 98.1 Å². The molecule has 3 rings (SSSR count). The van der Waals surface area contributed by atoms with Gasteiger partial charge < -0.3 is 47.1 Å². The predicted molar refractivity (Wildman–Crippen MR) is 151 cm³/mol. The van der Waals surface area contributed by atoms with E-state index in [1.165, 1.54) is 36.4 Å². The molecule has 0 unspecified atom stereocenters. The minimum absolute atomic E-state index is 0. The number of hydrogen-bond acceptors (Lipinski definition) is 9. The van der Waals surface area contributed by atoms with Crippen molar-refractivity contribution in [2.45, 2.75) is 13.3 Å². The standard InChI is InChI=1S/C12H21O3.3C6H7NO.Zr/c1-4-7-14-10-12(6-3,9-13)11-15-8-5-2;3*7-5-2-1-3-6(8)4-5;/h4-5H,1-2,6-11H2,3H3;3*1-4,8H,7H2;/q-1;;;;+4/p-3. The molecule has 0 aliphatic heterocycles. The Kier molecular flexibility index (Phi) is 22.9. The number of hydrogen-bond donors (Lipinski definition) is 3. The fourth-order valence-electron chi connectivity index (χ4n) is 2.69. The monoisotopic (exact) mass is 627 g/mol. The summed E-state index contributed by atoms with van der Waals surface area (Å²) in [6.45, 7) is 10.7. The summed E-state index contributed by atoms with van der Waals surface area (Å²) in [5.74, 6) is -0.111. The molecule has 0 saturated carbocycles. The molecular weight excluding hydrogens is 590 g/mol. The van der Waals surface area contributed by atoms with Gasteiger partial charge in [-0.2, -0.15) is 0 Å². The predicted octanol–water partition coefficient (Wildman–Crippen LogP) is 2.17. The van der Waals surface area contributed by atoms with Crippen LogP contribution in [0.2, 0.25) is 0 Å². The summed E-state index contributed by atoms with van der Waals surface area (Å²) in [4.78, 5) is 0. The second-order valence-corrected chi connectivity index (χ2v) is 8.32. The third-order valence-electron chi connectivity index (χ3n) is 4.92. The minimum atomic E-state index is -0.411. The van der Waals surface area contributed by atoms with Gasteiger partial charge >= 0.3 is 26.2 Å². The molecule has 0 fully saturated rings. The smallest absolute Gasteiger partial charge is 0.872 e. The molecule has 0 radical (unpaired) electrons. The summed E-state index contributed by atoms with van der Waals surface area (Å²) >= 11 is 0. The third kappa shape index (κ3) is 19.7. The van der Waals surface area contributed by atoms with Crippen molar-refractivity contribution in [1.29, 1.82) is 0 Å². The van der Waals surface area contributed by atoms with Gasteiger partial charge in [-0.15, -0.1) is 37.0 Å². The fourth-order valence-corrected chi connectivity index (χ4v) is 2.69. The van der Waals surface area contributed by atoms with Crippen molar-refractivity contribution >= 4 is 17.1 Å². The van der Waals surface area contributed by atoms with E-state index in [1.54, 1.807) is 48.6 Å². The maximum atomic E-state index is 11.2. The number of nitrogens with two attached hydrogens (primary N) is 3. The zero-order chi connectivity index (χ0) is 29.5. The Morgan fingerprint density at radius 3 is 1.20 bits per heavy atom. The Balaban J connectivity index is 0. The van der Waals surface area contributed by atoms with Crippen LogP contribution in [-0.4, -0.2) is 33.0 Å². The third-order valence-corrected chi connectivity index (χ3v) is 4.92. The van der Waals surface area contributed by atoms with Gasteiger partial charge in [0.2, 0.25) is 0 Å². The van der Waals surface area contributed by atoms with Crippen LogP contribution in [-0.2, 0) is 35.7 Å². The van der Waals surface area contributed by atoms with E-state index < -0.39 is 5.41 Å². The van der Waals surface area contributed by atoms with Gasteiger partial charge in [0.15, 0.2) is 0 Å². The average molecular weight is 629 g/mol. The molecule has 0 bridgehead atoms. The van der Waals surface area contributed by atoms with Crippen LogP contribution in [0.15, 0.2) is 98.1 Å². The molecule has 0 aromatic heterocycles. The summed E-state index contributed by atoms with van der Waals surface area (Å²) in [6.07, 6.45) is 4.11. The topological polar surface area (TPSA) is 189 Å². The van der Waals surface area contributed by atoms with E-state index in [0.29, 0.717) is 43.5 Å². The van der Waals surface area contributed by atoms with Gasteiger partial charge in [-0.25, -0.2) is 0 Å². The molecule has 9 nitrogen and oxygen atoms in total. The van der Waals surface area contributed by atoms with Crippen LogP contribution in [0.4, 0.5) is 17.1 Å². The molecule has 214 valence electrons. The van der Waals surface area contributed by atoms with Crippen molar-refractivity contribution in [3.63, 3.8) is 0 Å². The molecule has 0 aliphatic rings. The van der Waals surface area contributed by atoms with E-state index in [4.69, 9.17) is 26.7 Å².